The van der Waals surface area contributed by atoms with E-state index in [1.54, 1.807) is 30.3 Å². The van der Waals surface area contributed by atoms with Crippen LogP contribution in [0.15, 0.2) is 94.2 Å². The van der Waals surface area contributed by atoms with E-state index in [-0.39, 0.29) is 24.8 Å². The molecule has 4 aromatic rings. The second-order valence-electron chi connectivity index (χ2n) is 8.38. The van der Waals surface area contributed by atoms with Gasteiger partial charge >= 0.3 is 0 Å². The molecule has 8 heteroatoms. The molecule has 2 N–H and O–H groups in total. The number of nitrogens with zero attached hydrogens (tertiary/aromatic N) is 1. The first-order chi connectivity index (χ1) is 17.4. The van der Waals surface area contributed by atoms with Gasteiger partial charge in [-0.3, -0.25) is 19.3 Å². The average Bonchev–Trinajstić information content (AvgIpc) is 3.59. The molecule has 0 aliphatic carbocycles. The molecule has 0 saturated heterocycles. The summed E-state index contributed by atoms with van der Waals surface area (Å²) < 4.78 is 10.5. The molecule has 0 unspecified atom stereocenters. The lowest BCUT2D eigenvalue weighted by atomic mass is 10.0. The molecule has 4 rings (SSSR count). The predicted molar refractivity (Wildman–Crippen MR) is 134 cm³/mol. The summed E-state index contributed by atoms with van der Waals surface area (Å²) in [5, 5.41) is 5.47. The third-order valence-electron chi connectivity index (χ3n) is 5.54. The van der Waals surface area contributed by atoms with E-state index >= 15 is 0 Å². The third kappa shape index (κ3) is 5.90. The van der Waals surface area contributed by atoms with E-state index in [0.717, 1.165) is 11.1 Å². The summed E-state index contributed by atoms with van der Waals surface area (Å²) in [5.41, 5.74) is 3.04. The Labute approximate surface area is 208 Å². The first-order valence-electron chi connectivity index (χ1n) is 11.5. The smallest absolute Gasteiger partial charge is 0.287 e. The number of furan rings is 2. The maximum Gasteiger partial charge on any atom is 0.287 e. The van der Waals surface area contributed by atoms with Gasteiger partial charge < -0.3 is 19.5 Å². The Hall–Kier alpha value is -4.59. The predicted octanol–water partition coefficient (Wildman–Crippen LogP) is 4.31. The fourth-order valence-electron chi connectivity index (χ4n) is 4.00. The van der Waals surface area contributed by atoms with Crippen LogP contribution in [0.5, 0.6) is 0 Å². The quantitative estimate of drug-likeness (QED) is 0.368. The third-order valence-corrected chi connectivity index (χ3v) is 5.54. The van der Waals surface area contributed by atoms with Gasteiger partial charge in [0.1, 0.15) is 11.8 Å². The monoisotopic (exact) mass is 485 g/mol. The molecule has 36 heavy (non-hydrogen) atoms. The summed E-state index contributed by atoms with van der Waals surface area (Å²) in [5.74, 6) is -0.682. The molecule has 0 bridgehead atoms. The Morgan fingerprint density at radius 2 is 1.53 bits per heavy atom. The molecular weight excluding hydrogens is 458 g/mol. The molecule has 0 fully saturated rings. The van der Waals surface area contributed by atoms with E-state index in [0.29, 0.717) is 17.0 Å². The highest BCUT2D eigenvalue weighted by molar-refractivity contribution is 6.04. The number of nitrogens with one attached hydrogen (secondary N) is 2. The van der Waals surface area contributed by atoms with Crippen LogP contribution in [-0.2, 0) is 16.1 Å². The minimum atomic E-state index is -0.990. The van der Waals surface area contributed by atoms with Gasteiger partial charge in [-0.2, -0.15) is 0 Å². The largest absolute Gasteiger partial charge is 0.467 e. The maximum atomic E-state index is 13.7. The molecule has 1 atom stereocenters. The lowest BCUT2D eigenvalue weighted by Gasteiger charge is -2.32. The number of carbonyl (C=O) groups excluding carboxylic acids is 3. The standard InChI is InChI=1S/C28H27N3O5/c1-19-14-20(2)16-22(15-19)31(25(32)18-30-27(33)24-11-7-13-36-24)26(21-8-4-3-5-9-21)28(34)29-17-23-10-6-12-35-23/h3-16,26H,17-18H2,1-2H3,(H,29,34)(H,30,33)/t26-/m1/s1. The van der Waals surface area contributed by atoms with Gasteiger partial charge in [-0.1, -0.05) is 36.4 Å². The van der Waals surface area contributed by atoms with Gasteiger partial charge in [0.2, 0.25) is 11.8 Å². The van der Waals surface area contributed by atoms with E-state index in [4.69, 9.17) is 8.83 Å². The Bertz CT molecular complexity index is 1290. The summed E-state index contributed by atoms with van der Waals surface area (Å²) in [7, 11) is 0. The SMILES string of the molecule is Cc1cc(C)cc(N(C(=O)CNC(=O)c2ccco2)[C@@H](C(=O)NCc2ccco2)c2ccccc2)c1. The highest BCUT2D eigenvalue weighted by Gasteiger charge is 2.33. The van der Waals surface area contributed by atoms with E-state index < -0.39 is 17.9 Å². The lowest BCUT2D eigenvalue weighted by Crippen LogP contribution is -2.47. The van der Waals surface area contributed by atoms with Gasteiger partial charge in [-0.25, -0.2) is 0 Å². The summed E-state index contributed by atoms with van der Waals surface area (Å²) in [6.07, 6.45) is 2.91. The van der Waals surface area contributed by atoms with E-state index in [9.17, 15) is 14.4 Å². The van der Waals surface area contributed by atoms with Crippen LogP contribution in [0.4, 0.5) is 5.69 Å². The molecule has 2 aromatic carbocycles. The zero-order chi connectivity index (χ0) is 25.5. The molecule has 0 saturated carbocycles. The normalized spacial score (nSPS) is 11.5. The van der Waals surface area contributed by atoms with E-state index in [1.807, 2.05) is 50.2 Å². The van der Waals surface area contributed by atoms with Crippen LogP contribution in [0.3, 0.4) is 0 Å². The van der Waals surface area contributed by atoms with Gasteiger partial charge in [0.25, 0.3) is 5.91 Å². The Morgan fingerprint density at radius 3 is 2.17 bits per heavy atom. The van der Waals surface area contributed by atoms with Crippen LogP contribution < -0.4 is 15.5 Å². The fourth-order valence-corrected chi connectivity index (χ4v) is 4.00. The van der Waals surface area contributed by atoms with Crippen molar-refractivity contribution < 1.29 is 23.2 Å². The molecule has 184 valence electrons. The van der Waals surface area contributed by atoms with Gasteiger partial charge in [-0.05, 0) is 66.9 Å². The molecule has 0 aliphatic heterocycles. The van der Waals surface area contributed by atoms with E-state index in [1.165, 1.54) is 23.5 Å². The highest BCUT2D eigenvalue weighted by atomic mass is 16.3. The molecule has 3 amide bonds. The molecular formula is C28H27N3O5. The van der Waals surface area contributed by atoms with Crippen molar-refractivity contribution in [1.82, 2.24) is 10.6 Å². The van der Waals surface area contributed by atoms with Gasteiger partial charge in [0.05, 0.1) is 25.6 Å². The number of hydrogen-bond donors (Lipinski definition) is 2. The Balaban J connectivity index is 1.69. The highest BCUT2D eigenvalue weighted by Crippen LogP contribution is 2.30. The number of benzene rings is 2. The summed E-state index contributed by atoms with van der Waals surface area (Å²) in [4.78, 5) is 41.1. The summed E-state index contributed by atoms with van der Waals surface area (Å²) in [6, 6.07) is 20.3. The van der Waals surface area contributed by atoms with Crippen molar-refractivity contribution in [1.29, 1.82) is 0 Å². The maximum absolute atomic E-state index is 13.7. The summed E-state index contributed by atoms with van der Waals surface area (Å²) in [6.45, 7) is 3.68. The zero-order valence-corrected chi connectivity index (χ0v) is 20.1. The molecule has 0 aliphatic rings. The van der Waals surface area contributed by atoms with Crippen LogP contribution in [0, 0.1) is 13.8 Å². The second-order valence-corrected chi connectivity index (χ2v) is 8.38. The number of hydrogen-bond acceptors (Lipinski definition) is 5. The van der Waals surface area contributed by atoms with E-state index in [2.05, 4.69) is 10.6 Å². The minimum Gasteiger partial charge on any atom is -0.467 e. The molecule has 2 aromatic heterocycles. The van der Waals surface area contributed by atoms with Crippen LogP contribution in [0.25, 0.3) is 0 Å². The van der Waals surface area contributed by atoms with Crippen molar-refractivity contribution in [3.63, 3.8) is 0 Å². The van der Waals surface area contributed by atoms with Crippen molar-refractivity contribution in [2.45, 2.75) is 26.4 Å². The van der Waals surface area contributed by atoms with Crippen molar-refractivity contribution in [2.24, 2.45) is 0 Å². The minimum absolute atomic E-state index is 0.0940. The Kier molecular flexibility index (Phi) is 7.65. The first kappa shape index (κ1) is 24.5. The van der Waals surface area contributed by atoms with Crippen molar-refractivity contribution in [3.05, 3.63) is 114 Å². The van der Waals surface area contributed by atoms with Crippen LogP contribution in [0.1, 0.15) is 39.0 Å². The molecule has 8 nitrogen and oxygen atoms in total. The lowest BCUT2D eigenvalue weighted by molar-refractivity contribution is -0.126. The van der Waals surface area contributed by atoms with Crippen molar-refractivity contribution >= 4 is 23.4 Å². The van der Waals surface area contributed by atoms with Crippen molar-refractivity contribution in [3.8, 4) is 0 Å². The molecule has 0 spiro atoms. The second kappa shape index (κ2) is 11.2. The Morgan fingerprint density at radius 1 is 0.833 bits per heavy atom. The topological polar surface area (TPSA) is 105 Å². The van der Waals surface area contributed by atoms with Crippen LogP contribution in [-0.4, -0.2) is 24.3 Å². The average molecular weight is 486 g/mol. The van der Waals surface area contributed by atoms with Crippen LogP contribution in [0.2, 0.25) is 0 Å². The molecule has 0 radical (unpaired) electrons. The van der Waals surface area contributed by atoms with Gasteiger partial charge in [-0.15, -0.1) is 0 Å². The number of anilines is 1. The molecule has 2 heterocycles. The fraction of sp³-hybridized carbons (Fsp3) is 0.179. The number of aryl methyl sites for hydroxylation is 2. The van der Waals surface area contributed by atoms with Gasteiger partial charge in [0, 0.05) is 5.69 Å². The van der Waals surface area contributed by atoms with Crippen molar-refractivity contribution in [2.75, 3.05) is 11.4 Å². The van der Waals surface area contributed by atoms with Crippen LogP contribution >= 0.6 is 0 Å². The zero-order valence-electron chi connectivity index (χ0n) is 20.1. The number of rotatable bonds is 9. The summed E-state index contributed by atoms with van der Waals surface area (Å²) >= 11 is 0. The number of amides is 3. The first-order valence-corrected chi connectivity index (χ1v) is 11.5. The number of carbonyl (C=O) groups is 3. The van der Waals surface area contributed by atoms with Gasteiger partial charge in [0.15, 0.2) is 5.76 Å².